The summed E-state index contributed by atoms with van der Waals surface area (Å²) in [5.41, 5.74) is 0. The zero-order valence-corrected chi connectivity index (χ0v) is 10.5. The number of carbonyl (C=O) groups is 2. The lowest BCUT2D eigenvalue weighted by atomic mass is 9.95. The Kier molecular flexibility index (Phi) is 6.62. The standard InChI is InChI=1S/C12H22N2O3/c1-17-12(16)7-8-13-9-11(15)14-10-5-3-2-4-6-10/h10,13H,2-9H2,1H3,(H,14,15). The van der Waals surface area contributed by atoms with Gasteiger partial charge >= 0.3 is 5.97 Å². The van der Waals surface area contributed by atoms with Gasteiger partial charge in [0.25, 0.3) is 0 Å². The number of carbonyl (C=O) groups excluding carboxylic acids is 2. The molecule has 0 bridgehead atoms. The van der Waals surface area contributed by atoms with E-state index in [0.29, 0.717) is 19.0 Å². The van der Waals surface area contributed by atoms with Gasteiger partial charge in [0, 0.05) is 12.6 Å². The average Bonchev–Trinajstić information content (AvgIpc) is 2.35. The van der Waals surface area contributed by atoms with E-state index in [1.54, 1.807) is 0 Å². The van der Waals surface area contributed by atoms with Crippen molar-refractivity contribution in [2.24, 2.45) is 0 Å². The van der Waals surface area contributed by atoms with Crippen LogP contribution in [0.5, 0.6) is 0 Å². The molecule has 0 unspecified atom stereocenters. The van der Waals surface area contributed by atoms with Gasteiger partial charge in [-0.05, 0) is 12.8 Å². The largest absolute Gasteiger partial charge is 0.469 e. The minimum atomic E-state index is -0.259. The Morgan fingerprint density at radius 1 is 1.24 bits per heavy atom. The summed E-state index contributed by atoms with van der Waals surface area (Å²) in [5.74, 6) is -0.244. The quantitative estimate of drug-likeness (QED) is 0.528. The Bertz CT molecular complexity index is 250. The summed E-state index contributed by atoms with van der Waals surface area (Å²) in [5, 5.41) is 5.93. The van der Waals surface area contributed by atoms with Crippen molar-refractivity contribution in [3.8, 4) is 0 Å². The molecule has 5 heteroatoms. The molecule has 98 valence electrons. The Balaban J connectivity index is 2.02. The maximum absolute atomic E-state index is 11.5. The molecule has 1 fully saturated rings. The molecular weight excluding hydrogens is 220 g/mol. The third-order valence-corrected chi connectivity index (χ3v) is 2.99. The molecule has 0 aliphatic heterocycles. The van der Waals surface area contributed by atoms with Gasteiger partial charge < -0.3 is 15.4 Å². The topological polar surface area (TPSA) is 67.4 Å². The van der Waals surface area contributed by atoms with Crippen molar-refractivity contribution in [1.82, 2.24) is 10.6 Å². The smallest absolute Gasteiger partial charge is 0.306 e. The summed E-state index contributed by atoms with van der Waals surface area (Å²) < 4.78 is 4.50. The number of esters is 1. The van der Waals surface area contributed by atoms with Gasteiger partial charge in [0.15, 0.2) is 0 Å². The van der Waals surface area contributed by atoms with Crippen LogP contribution in [-0.4, -0.2) is 38.1 Å². The van der Waals surface area contributed by atoms with Gasteiger partial charge in [0.05, 0.1) is 20.1 Å². The second-order valence-corrected chi connectivity index (χ2v) is 4.41. The lowest BCUT2D eigenvalue weighted by Gasteiger charge is -2.22. The first kappa shape index (κ1) is 14.0. The molecule has 1 amide bonds. The van der Waals surface area contributed by atoms with Gasteiger partial charge in [-0.1, -0.05) is 19.3 Å². The van der Waals surface area contributed by atoms with Crippen molar-refractivity contribution in [2.75, 3.05) is 20.2 Å². The summed E-state index contributed by atoms with van der Waals surface area (Å²) in [7, 11) is 1.36. The molecule has 2 N–H and O–H groups in total. The van der Waals surface area contributed by atoms with Crippen molar-refractivity contribution < 1.29 is 14.3 Å². The van der Waals surface area contributed by atoms with Gasteiger partial charge in [-0.15, -0.1) is 0 Å². The van der Waals surface area contributed by atoms with Gasteiger partial charge in [0.1, 0.15) is 0 Å². The molecule has 1 aliphatic carbocycles. The number of hydrogen-bond acceptors (Lipinski definition) is 4. The number of amides is 1. The first-order chi connectivity index (χ1) is 8.22. The van der Waals surface area contributed by atoms with Crippen LogP contribution in [0, 0.1) is 0 Å². The van der Waals surface area contributed by atoms with Crippen LogP contribution in [0.25, 0.3) is 0 Å². The van der Waals surface area contributed by atoms with Crippen molar-refractivity contribution in [2.45, 2.75) is 44.6 Å². The van der Waals surface area contributed by atoms with E-state index >= 15 is 0 Å². The first-order valence-corrected chi connectivity index (χ1v) is 6.29. The molecule has 17 heavy (non-hydrogen) atoms. The predicted octanol–water partition coefficient (Wildman–Crippen LogP) is 0.588. The highest BCUT2D eigenvalue weighted by atomic mass is 16.5. The highest BCUT2D eigenvalue weighted by Gasteiger charge is 2.15. The molecule has 5 nitrogen and oxygen atoms in total. The van der Waals surface area contributed by atoms with Gasteiger partial charge in [-0.3, -0.25) is 9.59 Å². The third kappa shape index (κ3) is 6.26. The Hall–Kier alpha value is -1.10. The van der Waals surface area contributed by atoms with Gasteiger partial charge in [0.2, 0.25) is 5.91 Å². The van der Waals surface area contributed by atoms with E-state index in [1.165, 1.54) is 26.4 Å². The van der Waals surface area contributed by atoms with Crippen LogP contribution in [0.3, 0.4) is 0 Å². The monoisotopic (exact) mass is 242 g/mol. The number of hydrogen-bond donors (Lipinski definition) is 2. The van der Waals surface area contributed by atoms with Crippen LogP contribution in [0.4, 0.5) is 0 Å². The first-order valence-electron chi connectivity index (χ1n) is 6.29. The molecular formula is C12H22N2O3. The fourth-order valence-electron chi connectivity index (χ4n) is 2.02. The minimum Gasteiger partial charge on any atom is -0.469 e. The van der Waals surface area contributed by atoms with E-state index in [4.69, 9.17) is 0 Å². The molecule has 0 aromatic heterocycles. The highest BCUT2D eigenvalue weighted by molar-refractivity contribution is 5.78. The molecule has 0 saturated heterocycles. The summed E-state index contributed by atoms with van der Waals surface area (Å²) in [6.07, 6.45) is 6.18. The fraction of sp³-hybridized carbons (Fsp3) is 0.833. The van der Waals surface area contributed by atoms with E-state index in [9.17, 15) is 9.59 Å². The second kappa shape index (κ2) is 8.06. The average molecular weight is 242 g/mol. The van der Waals surface area contributed by atoms with Crippen molar-refractivity contribution in [3.05, 3.63) is 0 Å². The summed E-state index contributed by atoms with van der Waals surface area (Å²) in [4.78, 5) is 22.3. The van der Waals surface area contributed by atoms with Crippen molar-refractivity contribution in [3.63, 3.8) is 0 Å². The number of rotatable bonds is 6. The molecule has 0 heterocycles. The molecule has 0 radical (unpaired) electrons. The van der Waals surface area contributed by atoms with Crippen LogP contribution in [0.15, 0.2) is 0 Å². The number of ether oxygens (including phenoxy) is 1. The maximum Gasteiger partial charge on any atom is 0.306 e. The maximum atomic E-state index is 11.5. The SMILES string of the molecule is COC(=O)CCNCC(=O)NC1CCCCC1. The van der Waals surface area contributed by atoms with Crippen molar-refractivity contribution in [1.29, 1.82) is 0 Å². The van der Waals surface area contributed by atoms with Crippen molar-refractivity contribution >= 4 is 11.9 Å². The Morgan fingerprint density at radius 3 is 2.59 bits per heavy atom. The molecule has 0 atom stereocenters. The van der Waals surface area contributed by atoms with E-state index in [1.807, 2.05) is 0 Å². The zero-order chi connectivity index (χ0) is 12.5. The second-order valence-electron chi connectivity index (χ2n) is 4.41. The summed E-state index contributed by atoms with van der Waals surface area (Å²) >= 11 is 0. The fourth-order valence-corrected chi connectivity index (χ4v) is 2.02. The van der Waals surface area contributed by atoms with E-state index in [0.717, 1.165) is 12.8 Å². The molecule has 1 rings (SSSR count). The summed E-state index contributed by atoms with van der Waals surface area (Å²) in [6, 6.07) is 0.346. The lowest BCUT2D eigenvalue weighted by Crippen LogP contribution is -2.41. The van der Waals surface area contributed by atoms with Crippen LogP contribution >= 0.6 is 0 Å². The number of methoxy groups -OCH3 is 1. The van der Waals surface area contributed by atoms with Gasteiger partial charge in [-0.25, -0.2) is 0 Å². The van der Waals surface area contributed by atoms with E-state index in [2.05, 4.69) is 15.4 Å². The van der Waals surface area contributed by atoms with Crippen LogP contribution in [0.2, 0.25) is 0 Å². The Labute approximate surface area is 102 Å². The molecule has 0 aromatic rings. The molecule has 1 aliphatic rings. The zero-order valence-electron chi connectivity index (χ0n) is 10.5. The number of nitrogens with one attached hydrogen (secondary N) is 2. The van der Waals surface area contributed by atoms with Crippen LogP contribution in [0.1, 0.15) is 38.5 Å². The predicted molar refractivity (Wildman–Crippen MR) is 64.5 cm³/mol. The summed E-state index contributed by atoms with van der Waals surface area (Å²) in [6.45, 7) is 0.748. The van der Waals surface area contributed by atoms with Crippen LogP contribution < -0.4 is 10.6 Å². The normalized spacial score (nSPS) is 16.5. The van der Waals surface area contributed by atoms with Gasteiger partial charge in [-0.2, -0.15) is 0 Å². The molecule has 1 saturated carbocycles. The Morgan fingerprint density at radius 2 is 1.94 bits per heavy atom. The lowest BCUT2D eigenvalue weighted by molar-refractivity contribution is -0.140. The minimum absolute atomic E-state index is 0.0155. The van der Waals surface area contributed by atoms with Crippen LogP contribution in [-0.2, 0) is 14.3 Å². The van der Waals surface area contributed by atoms with E-state index < -0.39 is 0 Å². The molecule has 0 aromatic carbocycles. The molecule has 0 spiro atoms. The highest BCUT2D eigenvalue weighted by Crippen LogP contribution is 2.16. The van der Waals surface area contributed by atoms with E-state index in [-0.39, 0.29) is 18.4 Å². The third-order valence-electron chi connectivity index (χ3n) is 2.99.